The monoisotopic (exact) mass is 334 g/mol. The average Bonchev–Trinajstić information content (AvgIpc) is 3.03. The van der Waals surface area contributed by atoms with Crippen molar-refractivity contribution in [1.29, 1.82) is 0 Å². The molecule has 132 valence electrons. The van der Waals surface area contributed by atoms with Crippen LogP contribution in [0.25, 0.3) is 0 Å². The third-order valence-electron chi connectivity index (χ3n) is 4.18. The number of likely N-dealkylation sites (tertiary alicyclic amines) is 1. The lowest BCUT2D eigenvalue weighted by Gasteiger charge is -2.18. The van der Waals surface area contributed by atoms with E-state index < -0.39 is 0 Å². The number of carbonyl (C=O) groups excluding carboxylic acids is 1. The molecule has 1 fully saturated rings. The maximum Gasteiger partial charge on any atom is 0.222 e. The van der Waals surface area contributed by atoms with Gasteiger partial charge in [0.05, 0.1) is 6.54 Å². The highest BCUT2D eigenvalue weighted by Gasteiger charge is 2.25. The molecule has 0 radical (unpaired) electrons. The van der Waals surface area contributed by atoms with E-state index in [1.165, 1.54) is 6.07 Å². The number of aryl methyl sites for hydroxylation is 1. The first-order valence-corrected chi connectivity index (χ1v) is 8.61. The normalized spacial score (nSPS) is 17.9. The number of benzene rings is 1. The topological polar surface area (TPSA) is 56.7 Å². The Morgan fingerprint density at radius 3 is 2.88 bits per heavy atom. The van der Waals surface area contributed by atoms with Gasteiger partial charge in [0, 0.05) is 32.1 Å². The van der Waals surface area contributed by atoms with Crippen molar-refractivity contribution in [3.63, 3.8) is 0 Å². The second-order valence-electron chi connectivity index (χ2n) is 6.10. The minimum absolute atomic E-state index is 0.191. The van der Waals surface area contributed by atoms with Gasteiger partial charge in [0.2, 0.25) is 5.91 Å². The molecule has 0 aliphatic carbocycles. The molecule has 1 unspecified atom stereocenters. The summed E-state index contributed by atoms with van der Waals surface area (Å²) in [7, 11) is 0. The summed E-state index contributed by atoms with van der Waals surface area (Å²) in [5.74, 6) is 0.691. The van der Waals surface area contributed by atoms with Gasteiger partial charge < -0.3 is 15.5 Å². The number of carbonyl (C=O) groups is 1. The molecular formula is C18H27FN4O. The third-order valence-corrected chi connectivity index (χ3v) is 4.18. The van der Waals surface area contributed by atoms with Gasteiger partial charge in [0.1, 0.15) is 5.82 Å². The number of guanidine groups is 1. The van der Waals surface area contributed by atoms with Crippen LogP contribution in [0.1, 0.15) is 37.8 Å². The molecule has 1 aromatic rings. The minimum Gasteiger partial charge on any atom is -0.357 e. The summed E-state index contributed by atoms with van der Waals surface area (Å²) in [6.07, 6.45) is 1.45. The van der Waals surface area contributed by atoms with Crippen LogP contribution in [0.15, 0.2) is 23.2 Å². The van der Waals surface area contributed by atoms with Crippen LogP contribution in [0.5, 0.6) is 0 Å². The number of nitrogens with zero attached hydrogens (tertiary/aromatic N) is 2. The van der Waals surface area contributed by atoms with Crippen LogP contribution in [0.2, 0.25) is 0 Å². The second kappa shape index (κ2) is 8.66. The maximum atomic E-state index is 13.6. The highest BCUT2D eigenvalue weighted by atomic mass is 19.1. The zero-order valence-electron chi connectivity index (χ0n) is 14.7. The first kappa shape index (κ1) is 18.2. The van der Waals surface area contributed by atoms with Gasteiger partial charge in [-0.05, 0) is 37.5 Å². The zero-order chi connectivity index (χ0) is 17.5. The van der Waals surface area contributed by atoms with Crippen molar-refractivity contribution in [1.82, 2.24) is 15.5 Å². The van der Waals surface area contributed by atoms with E-state index in [9.17, 15) is 9.18 Å². The van der Waals surface area contributed by atoms with Crippen LogP contribution >= 0.6 is 0 Å². The van der Waals surface area contributed by atoms with Gasteiger partial charge in [-0.3, -0.25) is 4.79 Å². The predicted octanol–water partition coefficient (Wildman–Crippen LogP) is 2.20. The summed E-state index contributed by atoms with van der Waals surface area (Å²) < 4.78 is 13.6. The minimum atomic E-state index is -0.204. The van der Waals surface area contributed by atoms with E-state index in [1.54, 1.807) is 13.0 Å². The lowest BCUT2D eigenvalue weighted by molar-refractivity contribution is -0.129. The Balaban J connectivity index is 1.96. The standard InChI is InChI=1S/C18H27FN4O/c1-4-17(24)23-9-8-15(12-23)22-18(20-5-2)21-11-14-7-6-13(3)16(19)10-14/h6-7,10,15H,4-5,8-9,11-12H2,1-3H3,(H2,20,21,22). The van der Waals surface area contributed by atoms with Gasteiger partial charge in [0.15, 0.2) is 5.96 Å². The molecule has 1 heterocycles. The number of nitrogens with one attached hydrogen (secondary N) is 2. The Bertz CT molecular complexity index is 603. The summed E-state index contributed by atoms with van der Waals surface area (Å²) in [6, 6.07) is 5.39. The fourth-order valence-electron chi connectivity index (χ4n) is 2.75. The van der Waals surface area contributed by atoms with E-state index in [-0.39, 0.29) is 17.8 Å². The molecule has 1 amide bonds. The molecule has 1 aliphatic heterocycles. The molecule has 0 aromatic heterocycles. The Morgan fingerprint density at radius 2 is 2.21 bits per heavy atom. The van der Waals surface area contributed by atoms with E-state index in [0.29, 0.717) is 31.0 Å². The Labute approximate surface area is 143 Å². The SMILES string of the molecule is CCNC(=NCc1ccc(C)c(F)c1)NC1CCN(C(=O)CC)C1. The summed E-state index contributed by atoms with van der Waals surface area (Å²) in [5, 5.41) is 6.58. The summed E-state index contributed by atoms with van der Waals surface area (Å²) in [5.41, 5.74) is 1.48. The van der Waals surface area contributed by atoms with E-state index in [0.717, 1.165) is 25.1 Å². The average molecular weight is 334 g/mol. The van der Waals surface area contributed by atoms with Gasteiger partial charge >= 0.3 is 0 Å². The number of aliphatic imine (C=N–C) groups is 1. The van der Waals surface area contributed by atoms with Crippen molar-refractivity contribution in [2.45, 2.75) is 46.2 Å². The summed E-state index contributed by atoms with van der Waals surface area (Å²) in [6.45, 7) is 8.29. The van der Waals surface area contributed by atoms with Crippen molar-refractivity contribution in [2.75, 3.05) is 19.6 Å². The predicted molar refractivity (Wildman–Crippen MR) is 94.4 cm³/mol. The van der Waals surface area contributed by atoms with Crippen LogP contribution in [-0.4, -0.2) is 42.4 Å². The number of rotatable bonds is 5. The number of hydrogen-bond acceptors (Lipinski definition) is 2. The largest absolute Gasteiger partial charge is 0.357 e. The molecule has 0 saturated carbocycles. The maximum absolute atomic E-state index is 13.6. The first-order valence-electron chi connectivity index (χ1n) is 8.61. The smallest absolute Gasteiger partial charge is 0.222 e. The molecule has 2 rings (SSSR count). The van der Waals surface area contributed by atoms with Gasteiger partial charge in [-0.1, -0.05) is 19.1 Å². The Hall–Kier alpha value is -2.11. The van der Waals surface area contributed by atoms with Crippen molar-refractivity contribution in [3.8, 4) is 0 Å². The molecule has 1 saturated heterocycles. The zero-order valence-corrected chi connectivity index (χ0v) is 14.7. The molecule has 6 heteroatoms. The molecule has 5 nitrogen and oxygen atoms in total. The lowest BCUT2D eigenvalue weighted by Crippen LogP contribution is -2.45. The van der Waals surface area contributed by atoms with Crippen LogP contribution < -0.4 is 10.6 Å². The van der Waals surface area contributed by atoms with E-state index in [1.807, 2.05) is 24.8 Å². The van der Waals surface area contributed by atoms with Gasteiger partial charge in [0.25, 0.3) is 0 Å². The van der Waals surface area contributed by atoms with Crippen molar-refractivity contribution < 1.29 is 9.18 Å². The van der Waals surface area contributed by atoms with Gasteiger partial charge in [-0.2, -0.15) is 0 Å². The van der Waals surface area contributed by atoms with E-state index in [4.69, 9.17) is 0 Å². The summed E-state index contributed by atoms with van der Waals surface area (Å²) >= 11 is 0. The second-order valence-corrected chi connectivity index (χ2v) is 6.10. The summed E-state index contributed by atoms with van der Waals surface area (Å²) in [4.78, 5) is 18.2. The van der Waals surface area contributed by atoms with Crippen molar-refractivity contribution in [3.05, 3.63) is 35.1 Å². The van der Waals surface area contributed by atoms with Crippen LogP contribution in [0, 0.1) is 12.7 Å². The van der Waals surface area contributed by atoms with Gasteiger partial charge in [-0.25, -0.2) is 9.38 Å². The third kappa shape index (κ3) is 4.94. The lowest BCUT2D eigenvalue weighted by atomic mass is 10.1. The first-order chi connectivity index (χ1) is 11.5. The van der Waals surface area contributed by atoms with Crippen LogP contribution in [-0.2, 0) is 11.3 Å². The van der Waals surface area contributed by atoms with E-state index in [2.05, 4.69) is 15.6 Å². The Morgan fingerprint density at radius 1 is 1.42 bits per heavy atom. The van der Waals surface area contributed by atoms with Crippen molar-refractivity contribution >= 4 is 11.9 Å². The molecule has 1 aromatic carbocycles. The fourth-order valence-corrected chi connectivity index (χ4v) is 2.75. The van der Waals surface area contributed by atoms with Gasteiger partial charge in [-0.15, -0.1) is 0 Å². The molecule has 24 heavy (non-hydrogen) atoms. The quantitative estimate of drug-likeness (QED) is 0.641. The molecule has 0 bridgehead atoms. The van der Waals surface area contributed by atoms with Crippen LogP contribution in [0.3, 0.4) is 0 Å². The van der Waals surface area contributed by atoms with E-state index >= 15 is 0 Å². The van der Waals surface area contributed by atoms with Crippen LogP contribution in [0.4, 0.5) is 4.39 Å². The Kier molecular flexibility index (Phi) is 6.58. The molecule has 0 spiro atoms. The number of hydrogen-bond donors (Lipinski definition) is 2. The molecule has 1 atom stereocenters. The number of amides is 1. The molecular weight excluding hydrogens is 307 g/mol. The number of halogens is 1. The van der Waals surface area contributed by atoms with Crippen molar-refractivity contribution in [2.24, 2.45) is 4.99 Å². The molecule has 1 aliphatic rings. The molecule has 2 N–H and O–H groups in total. The fraction of sp³-hybridized carbons (Fsp3) is 0.556. The highest BCUT2D eigenvalue weighted by Crippen LogP contribution is 2.12. The highest BCUT2D eigenvalue weighted by molar-refractivity contribution is 5.80.